The van der Waals surface area contributed by atoms with E-state index in [1.54, 1.807) is 0 Å². The van der Waals surface area contributed by atoms with Crippen LogP contribution in [-0.2, 0) is 13.1 Å². The van der Waals surface area contributed by atoms with Gasteiger partial charge in [0.05, 0.1) is 11.6 Å². The highest BCUT2D eigenvalue weighted by atomic mass is 16.6. The third kappa shape index (κ3) is 3.33. The Labute approximate surface area is 123 Å². The van der Waals surface area contributed by atoms with Crippen LogP contribution >= 0.6 is 0 Å². The van der Waals surface area contributed by atoms with Crippen molar-refractivity contribution in [3.05, 3.63) is 59.2 Å². The van der Waals surface area contributed by atoms with E-state index in [0.29, 0.717) is 18.8 Å². The van der Waals surface area contributed by atoms with Crippen LogP contribution in [0.3, 0.4) is 0 Å². The third-order valence-corrected chi connectivity index (χ3v) is 3.32. The first-order valence-electron chi connectivity index (χ1n) is 6.93. The van der Waals surface area contributed by atoms with Crippen molar-refractivity contribution in [2.45, 2.75) is 13.1 Å². The fourth-order valence-electron chi connectivity index (χ4n) is 2.30. The molecule has 106 valence electrons. The molecule has 2 aromatic carbocycles. The van der Waals surface area contributed by atoms with E-state index >= 15 is 0 Å². The van der Waals surface area contributed by atoms with E-state index in [2.05, 4.69) is 11.4 Å². The zero-order chi connectivity index (χ0) is 14.5. The molecule has 0 bridgehead atoms. The van der Waals surface area contributed by atoms with Gasteiger partial charge in [-0.3, -0.25) is 0 Å². The molecule has 1 aliphatic rings. The molecule has 0 atom stereocenters. The second-order valence-electron chi connectivity index (χ2n) is 4.89. The maximum absolute atomic E-state index is 8.88. The molecule has 0 saturated heterocycles. The summed E-state index contributed by atoms with van der Waals surface area (Å²) in [6.45, 7) is 2.68. The minimum absolute atomic E-state index is 0.602. The monoisotopic (exact) mass is 280 g/mol. The van der Waals surface area contributed by atoms with Gasteiger partial charge in [-0.05, 0) is 35.4 Å². The van der Waals surface area contributed by atoms with Crippen LogP contribution < -0.4 is 14.8 Å². The van der Waals surface area contributed by atoms with Crippen LogP contribution in [0.1, 0.15) is 16.7 Å². The summed E-state index contributed by atoms with van der Waals surface area (Å²) in [5, 5.41) is 12.3. The second-order valence-corrected chi connectivity index (χ2v) is 4.89. The standard InChI is InChI=1S/C17H16N2O2/c18-10-13-2-1-3-14(8-13)11-19-12-15-4-5-16-17(9-15)21-7-6-20-16/h1-5,8-9,19H,6-7,11-12H2. The Bertz CT molecular complexity index is 677. The Hall–Kier alpha value is -2.51. The summed E-state index contributed by atoms with van der Waals surface area (Å²) >= 11 is 0. The van der Waals surface area contributed by atoms with Crippen LogP contribution in [0.25, 0.3) is 0 Å². The van der Waals surface area contributed by atoms with Crippen LogP contribution in [0, 0.1) is 11.3 Å². The van der Waals surface area contributed by atoms with Gasteiger partial charge >= 0.3 is 0 Å². The number of hydrogen-bond donors (Lipinski definition) is 1. The van der Waals surface area contributed by atoms with Gasteiger partial charge < -0.3 is 14.8 Å². The SMILES string of the molecule is N#Cc1cccc(CNCc2ccc3c(c2)OCCO3)c1. The normalized spacial score (nSPS) is 12.7. The first-order valence-corrected chi connectivity index (χ1v) is 6.93. The molecule has 0 spiro atoms. The van der Waals surface area contributed by atoms with Gasteiger partial charge in [-0.25, -0.2) is 0 Å². The van der Waals surface area contributed by atoms with Gasteiger partial charge in [-0.2, -0.15) is 5.26 Å². The van der Waals surface area contributed by atoms with Gasteiger partial charge in [-0.1, -0.05) is 18.2 Å². The number of ether oxygens (including phenoxy) is 2. The van der Waals surface area contributed by atoms with Crippen molar-refractivity contribution in [3.8, 4) is 17.6 Å². The van der Waals surface area contributed by atoms with Crippen LogP contribution in [0.2, 0.25) is 0 Å². The Morgan fingerprint density at radius 1 is 0.952 bits per heavy atom. The van der Waals surface area contributed by atoms with Crippen LogP contribution in [-0.4, -0.2) is 13.2 Å². The second kappa shape index (κ2) is 6.29. The smallest absolute Gasteiger partial charge is 0.161 e. The molecule has 4 nitrogen and oxygen atoms in total. The summed E-state index contributed by atoms with van der Waals surface area (Å²) in [4.78, 5) is 0. The molecular formula is C17H16N2O2. The molecule has 1 heterocycles. The van der Waals surface area contributed by atoms with Gasteiger partial charge in [0.2, 0.25) is 0 Å². The molecule has 0 fully saturated rings. The fraction of sp³-hybridized carbons (Fsp3) is 0.235. The molecule has 1 N–H and O–H groups in total. The largest absolute Gasteiger partial charge is 0.486 e. The number of nitrogens with zero attached hydrogens (tertiary/aromatic N) is 1. The average molecular weight is 280 g/mol. The van der Waals surface area contributed by atoms with Gasteiger partial charge in [0, 0.05) is 13.1 Å². The summed E-state index contributed by atoms with van der Waals surface area (Å²) in [5.74, 6) is 1.62. The van der Waals surface area contributed by atoms with Gasteiger partial charge in [0.15, 0.2) is 11.5 Å². The van der Waals surface area contributed by atoms with Crippen LogP contribution in [0.5, 0.6) is 11.5 Å². The Morgan fingerprint density at radius 3 is 2.52 bits per heavy atom. The molecule has 21 heavy (non-hydrogen) atoms. The maximum Gasteiger partial charge on any atom is 0.161 e. The average Bonchev–Trinajstić information content (AvgIpc) is 2.55. The minimum Gasteiger partial charge on any atom is -0.486 e. The number of rotatable bonds is 4. The Balaban J connectivity index is 1.59. The fourth-order valence-corrected chi connectivity index (χ4v) is 2.30. The highest BCUT2D eigenvalue weighted by Gasteiger charge is 2.11. The van der Waals surface area contributed by atoms with Gasteiger partial charge in [0.25, 0.3) is 0 Å². The molecule has 0 aromatic heterocycles. The molecule has 0 radical (unpaired) electrons. The lowest BCUT2D eigenvalue weighted by atomic mass is 10.1. The zero-order valence-electron chi connectivity index (χ0n) is 11.6. The lowest BCUT2D eigenvalue weighted by Gasteiger charge is -2.19. The van der Waals surface area contributed by atoms with Gasteiger partial charge in [0.1, 0.15) is 13.2 Å². The first-order chi connectivity index (χ1) is 10.3. The summed E-state index contributed by atoms with van der Waals surface area (Å²) in [6.07, 6.45) is 0. The highest BCUT2D eigenvalue weighted by molar-refractivity contribution is 5.43. The van der Waals surface area contributed by atoms with Crippen molar-refractivity contribution in [1.29, 1.82) is 5.26 Å². The number of benzene rings is 2. The summed E-state index contributed by atoms with van der Waals surface area (Å²) in [6, 6.07) is 15.8. The van der Waals surface area contributed by atoms with E-state index in [1.807, 2.05) is 42.5 Å². The van der Waals surface area contributed by atoms with E-state index < -0.39 is 0 Å². The molecule has 2 aromatic rings. The van der Waals surface area contributed by atoms with E-state index in [4.69, 9.17) is 14.7 Å². The Morgan fingerprint density at radius 2 is 1.71 bits per heavy atom. The molecule has 0 saturated carbocycles. The molecular weight excluding hydrogens is 264 g/mol. The third-order valence-electron chi connectivity index (χ3n) is 3.32. The van der Waals surface area contributed by atoms with Crippen molar-refractivity contribution < 1.29 is 9.47 Å². The van der Waals surface area contributed by atoms with Crippen molar-refractivity contribution in [3.63, 3.8) is 0 Å². The lowest BCUT2D eigenvalue weighted by molar-refractivity contribution is 0.171. The van der Waals surface area contributed by atoms with Crippen molar-refractivity contribution >= 4 is 0 Å². The molecule has 3 rings (SSSR count). The number of hydrogen-bond acceptors (Lipinski definition) is 4. The van der Waals surface area contributed by atoms with Crippen LogP contribution in [0.4, 0.5) is 0 Å². The summed E-state index contributed by atoms with van der Waals surface area (Å²) in [5.41, 5.74) is 2.94. The quantitative estimate of drug-likeness (QED) is 0.935. The predicted octanol–water partition coefficient (Wildman–Crippen LogP) is 2.62. The molecule has 4 heteroatoms. The van der Waals surface area contributed by atoms with Gasteiger partial charge in [-0.15, -0.1) is 0 Å². The van der Waals surface area contributed by atoms with Crippen LogP contribution in [0.15, 0.2) is 42.5 Å². The highest BCUT2D eigenvalue weighted by Crippen LogP contribution is 2.30. The Kier molecular flexibility index (Phi) is 4.04. The van der Waals surface area contributed by atoms with E-state index in [0.717, 1.165) is 35.7 Å². The van der Waals surface area contributed by atoms with Crippen molar-refractivity contribution in [2.75, 3.05) is 13.2 Å². The number of nitriles is 1. The number of nitrogens with one attached hydrogen (secondary N) is 1. The predicted molar refractivity (Wildman–Crippen MR) is 79.1 cm³/mol. The summed E-state index contributed by atoms with van der Waals surface area (Å²) < 4.78 is 11.1. The lowest BCUT2D eigenvalue weighted by Crippen LogP contribution is -2.16. The molecule has 0 aliphatic carbocycles. The van der Waals surface area contributed by atoms with E-state index in [1.165, 1.54) is 0 Å². The van der Waals surface area contributed by atoms with Crippen molar-refractivity contribution in [1.82, 2.24) is 5.32 Å². The maximum atomic E-state index is 8.88. The topological polar surface area (TPSA) is 54.3 Å². The van der Waals surface area contributed by atoms with E-state index in [-0.39, 0.29) is 0 Å². The van der Waals surface area contributed by atoms with Crippen molar-refractivity contribution in [2.24, 2.45) is 0 Å². The molecule has 0 amide bonds. The molecule has 1 aliphatic heterocycles. The number of fused-ring (bicyclic) bond motifs is 1. The molecule has 0 unspecified atom stereocenters. The minimum atomic E-state index is 0.602. The summed E-state index contributed by atoms with van der Waals surface area (Å²) in [7, 11) is 0. The first kappa shape index (κ1) is 13.5. The van der Waals surface area contributed by atoms with E-state index in [9.17, 15) is 0 Å². The zero-order valence-corrected chi connectivity index (χ0v) is 11.6.